The van der Waals surface area contributed by atoms with Crippen molar-refractivity contribution >= 4 is 28.2 Å². The molecule has 1 aromatic rings. The van der Waals surface area contributed by atoms with Gasteiger partial charge in [0.15, 0.2) is 5.78 Å². The molecule has 1 aliphatic rings. The highest BCUT2D eigenvalue weighted by Gasteiger charge is 2.34. The minimum atomic E-state index is -3.54. The Morgan fingerprint density at radius 2 is 2.10 bits per heavy atom. The number of hydrogen-bond donors (Lipinski definition) is 1. The molecule has 0 bridgehead atoms. The minimum absolute atomic E-state index is 0. The van der Waals surface area contributed by atoms with Crippen LogP contribution in [0.5, 0.6) is 0 Å². The van der Waals surface area contributed by atoms with E-state index in [9.17, 15) is 13.2 Å². The van der Waals surface area contributed by atoms with E-state index >= 15 is 0 Å². The average Bonchev–Trinajstić information content (AvgIpc) is 2.89. The molecule has 1 fully saturated rings. The predicted molar refractivity (Wildman–Crippen MR) is 84.2 cm³/mol. The molecule has 7 heteroatoms. The first-order valence-corrected chi connectivity index (χ1v) is 8.13. The normalized spacial score (nSPS) is 20.8. The Morgan fingerprint density at radius 1 is 1.43 bits per heavy atom. The molecule has 5 nitrogen and oxygen atoms in total. The fraction of sp³-hybridized carbons (Fsp3) is 0.500. The van der Waals surface area contributed by atoms with E-state index in [1.807, 2.05) is 6.92 Å². The predicted octanol–water partition coefficient (Wildman–Crippen LogP) is 1.67. The van der Waals surface area contributed by atoms with E-state index in [1.54, 1.807) is 12.1 Å². The van der Waals surface area contributed by atoms with Crippen LogP contribution in [-0.2, 0) is 10.0 Å². The molecule has 0 spiro atoms. The topological polar surface area (TPSA) is 80.5 Å². The molecule has 118 valence electrons. The van der Waals surface area contributed by atoms with Crippen LogP contribution in [0.25, 0.3) is 0 Å². The molecule has 0 aromatic heterocycles. The summed E-state index contributed by atoms with van der Waals surface area (Å²) in [6.45, 7) is 4.26. The molecule has 1 aromatic carbocycles. The molecule has 2 N–H and O–H groups in total. The van der Waals surface area contributed by atoms with Gasteiger partial charge in [-0.25, -0.2) is 8.42 Å². The van der Waals surface area contributed by atoms with Gasteiger partial charge in [0.05, 0.1) is 4.90 Å². The number of nitrogens with zero attached hydrogens (tertiary/aromatic N) is 1. The fourth-order valence-corrected chi connectivity index (χ4v) is 3.98. The first-order chi connectivity index (χ1) is 9.32. The van der Waals surface area contributed by atoms with Gasteiger partial charge in [-0.15, -0.1) is 12.4 Å². The second-order valence-electron chi connectivity index (χ2n) is 5.35. The van der Waals surface area contributed by atoms with Gasteiger partial charge in [0.25, 0.3) is 0 Å². The Hall–Kier alpha value is -0.950. The molecule has 0 aliphatic carbocycles. The second kappa shape index (κ2) is 6.87. The van der Waals surface area contributed by atoms with Crippen LogP contribution in [0.3, 0.4) is 0 Å². The maximum absolute atomic E-state index is 12.6. The van der Waals surface area contributed by atoms with E-state index in [-0.39, 0.29) is 35.0 Å². The number of nitrogens with two attached hydrogens (primary N) is 1. The van der Waals surface area contributed by atoms with Crippen LogP contribution in [0.1, 0.15) is 30.6 Å². The molecule has 0 amide bonds. The molecular weight excluding hydrogens is 312 g/mol. The summed E-state index contributed by atoms with van der Waals surface area (Å²) < 4.78 is 26.6. The molecular formula is C14H21ClN2O3S. The lowest BCUT2D eigenvalue weighted by Crippen LogP contribution is -2.33. The van der Waals surface area contributed by atoms with Crippen LogP contribution in [0.15, 0.2) is 29.2 Å². The summed E-state index contributed by atoms with van der Waals surface area (Å²) in [6, 6.07) is 6.18. The second-order valence-corrected chi connectivity index (χ2v) is 7.29. The van der Waals surface area contributed by atoms with Crippen molar-refractivity contribution in [3.8, 4) is 0 Å². The van der Waals surface area contributed by atoms with Crippen LogP contribution in [0, 0.1) is 5.92 Å². The Morgan fingerprint density at radius 3 is 2.62 bits per heavy atom. The first-order valence-electron chi connectivity index (χ1n) is 6.69. The molecule has 0 radical (unpaired) electrons. The van der Waals surface area contributed by atoms with E-state index in [0.29, 0.717) is 18.7 Å². The molecule has 0 saturated carbocycles. The highest BCUT2D eigenvalue weighted by Crippen LogP contribution is 2.26. The molecule has 21 heavy (non-hydrogen) atoms. The summed E-state index contributed by atoms with van der Waals surface area (Å²) in [7, 11) is -3.54. The number of ketones is 1. The maximum atomic E-state index is 12.6. The molecule has 1 heterocycles. The summed E-state index contributed by atoms with van der Waals surface area (Å²) in [5.74, 6) is 0.0534. The van der Waals surface area contributed by atoms with Crippen molar-refractivity contribution in [1.29, 1.82) is 0 Å². The number of hydrogen-bond acceptors (Lipinski definition) is 4. The van der Waals surface area contributed by atoms with Crippen molar-refractivity contribution in [2.45, 2.75) is 31.2 Å². The van der Waals surface area contributed by atoms with E-state index in [4.69, 9.17) is 5.73 Å². The Balaban J connectivity index is 0.00000220. The number of carbonyl (C=O) groups is 1. The fourth-order valence-electron chi connectivity index (χ4n) is 2.43. The van der Waals surface area contributed by atoms with Crippen molar-refractivity contribution in [2.24, 2.45) is 11.7 Å². The standard InChI is InChI=1S/C14H20N2O3S.ClH/c1-10(15)13-6-7-16(9-13)20(18,19)14-5-3-4-12(8-14)11(2)17;/h3-5,8,10,13H,6-7,9,15H2,1-2H3;1H. The largest absolute Gasteiger partial charge is 0.328 e. The zero-order valence-corrected chi connectivity index (χ0v) is 13.8. The quantitative estimate of drug-likeness (QED) is 0.850. The SMILES string of the molecule is CC(=O)c1cccc(S(=O)(=O)N2CCC(C(C)N)C2)c1.Cl. The van der Waals surface area contributed by atoms with Gasteiger partial charge in [0.2, 0.25) is 10.0 Å². The van der Waals surface area contributed by atoms with Gasteiger partial charge in [-0.1, -0.05) is 12.1 Å². The summed E-state index contributed by atoms with van der Waals surface area (Å²) in [5, 5.41) is 0. The van der Waals surface area contributed by atoms with Crippen LogP contribution < -0.4 is 5.73 Å². The summed E-state index contributed by atoms with van der Waals surface area (Å²) in [4.78, 5) is 11.5. The number of sulfonamides is 1. The lowest BCUT2D eigenvalue weighted by molar-refractivity contribution is 0.101. The van der Waals surface area contributed by atoms with Crippen LogP contribution in [-0.4, -0.2) is 37.6 Å². The Kier molecular flexibility index (Phi) is 5.92. The Labute approximate surface area is 132 Å². The molecule has 2 unspecified atom stereocenters. The lowest BCUT2D eigenvalue weighted by Gasteiger charge is -2.18. The van der Waals surface area contributed by atoms with Crippen molar-refractivity contribution in [2.75, 3.05) is 13.1 Å². The van der Waals surface area contributed by atoms with Gasteiger partial charge in [-0.05, 0) is 38.3 Å². The lowest BCUT2D eigenvalue weighted by atomic mass is 10.0. The third-order valence-electron chi connectivity index (χ3n) is 3.81. The summed E-state index contributed by atoms with van der Waals surface area (Å²) >= 11 is 0. The van der Waals surface area contributed by atoms with E-state index in [1.165, 1.54) is 23.4 Å². The monoisotopic (exact) mass is 332 g/mol. The number of halogens is 1. The number of benzene rings is 1. The average molecular weight is 333 g/mol. The highest BCUT2D eigenvalue weighted by molar-refractivity contribution is 7.89. The van der Waals surface area contributed by atoms with Crippen molar-refractivity contribution in [3.05, 3.63) is 29.8 Å². The van der Waals surface area contributed by atoms with Crippen molar-refractivity contribution < 1.29 is 13.2 Å². The van der Waals surface area contributed by atoms with Crippen molar-refractivity contribution in [1.82, 2.24) is 4.31 Å². The summed E-state index contributed by atoms with van der Waals surface area (Å²) in [6.07, 6.45) is 0.781. The third kappa shape index (κ3) is 3.83. The number of carbonyl (C=O) groups excluding carboxylic acids is 1. The van der Waals surface area contributed by atoms with Gasteiger partial charge in [-0.2, -0.15) is 4.31 Å². The van der Waals surface area contributed by atoms with E-state index in [2.05, 4.69) is 0 Å². The number of Topliss-reactive ketones (excluding diaryl/α,β-unsaturated/α-hetero) is 1. The molecule has 2 atom stereocenters. The third-order valence-corrected chi connectivity index (χ3v) is 5.67. The highest BCUT2D eigenvalue weighted by atomic mass is 35.5. The zero-order chi connectivity index (χ0) is 14.9. The van der Waals surface area contributed by atoms with Crippen molar-refractivity contribution in [3.63, 3.8) is 0 Å². The minimum Gasteiger partial charge on any atom is -0.328 e. The Bertz CT molecular complexity index is 616. The molecule has 1 saturated heterocycles. The van der Waals surface area contributed by atoms with E-state index in [0.717, 1.165) is 6.42 Å². The van der Waals surface area contributed by atoms with Gasteiger partial charge in [-0.3, -0.25) is 4.79 Å². The van der Waals surface area contributed by atoms with Gasteiger partial charge in [0.1, 0.15) is 0 Å². The zero-order valence-electron chi connectivity index (χ0n) is 12.2. The first kappa shape index (κ1) is 18.1. The number of rotatable bonds is 4. The van der Waals surface area contributed by atoms with Crippen LogP contribution in [0.4, 0.5) is 0 Å². The van der Waals surface area contributed by atoms with E-state index < -0.39 is 10.0 Å². The van der Waals surface area contributed by atoms with Gasteiger partial charge < -0.3 is 5.73 Å². The van der Waals surface area contributed by atoms with Crippen LogP contribution in [0.2, 0.25) is 0 Å². The van der Waals surface area contributed by atoms with Crippen LogP contribution >= 0.6 is 12.4 Å². The molecule has 1 aliphatic heterocycles. The maximum Gasteiger partial charge on any atom is 0.243 e. The summed E-state index contributed by atoms with van der Waals surface area (Å²) in [5.41, 5.74) is 6.25. The van der Waals surface area contributed by atoms with Gasteiger partial charge in [0, 0.05) is 24.7 Å². The van der Waals surface area contributed by atoms with Gasteiger partial charge >= 0.3 is 0 Å². The molecule has 2 rings (SSSR count). The smallest absolute Gasteiger partial charge is 0.243 e.